The molecule has 0 unspecified atom stereocenters. The molecule has 0 aliphatic carbocycles. The first-order valence-electron chi connectivity index (χ1n) is 7.57. The molecule has 0 saturated carbocycles. The lowest BCUT2D eigenvalue weighted by atomic mass is 10.7. The van der Waals surface area contributed by atoms with Crippen molar-refractivity contribution in [2.75, 3.05) is 13.1 Å². The molecule has 18 heavy (non-hydrogen) atoms. The van der Waals surface area contributed by atoms with E-state index in [0.717, 1.165) is 6.54 Å². The first kappa shape index (κ1) is 16.6. The minimum absolute atomic E-state index is 1.10. The van der Waals surface area contributed by atoms with Gasteiger partial charge < -0.3 is 0 Å². The van der Waals surface area contributed by atoms with E-state index in [-0.39, 0.29) is 0 Å². The van der Waals surface area contributed by atoms with Gasteiger partial charge in [0.15, 0.2) is 0 Å². The average molecular weight is 304 g/mol. The van der Waals surface area contributed by atoms with Gasteiger partial charge in [-0.25, -0.2) is 0 Å². The number of rotatable bonds is 4. The van der Waals surface area contributed by atoms with Crippen LogP contribution < -0.4 is 5.09 Å². The zero-order chi connectivity index (χ0) is 14.2. The summed E-state index contributed by atoms with van der Waals surface area (Å²) < 4.78 is 2.74. The Morgan fingerprint density at radius 2 is 1.33 bits per heavy atom. The van der Waals surface area contributed by atoms with Gasteiger partial charge in [0.25, 0.3) is 0 Å². The minimum Gasteiger partial charge on any atom is -0.267 e. The van der Waals surface area contributed by atoms with Crippen LogP contribution in [0.15, 0.2) is 0 Å². The Morgan fingerprint density at radius 1 is 0.833 bits per heavy atom. The fraction of sp³-hybridized carbons (Fsp3) is 1.00. The molecule has 0 atom stereocenters. The van der Waals surface area contributed by atoms with Crippen molar-refractivity contribution in [3.8, 4) is 0 Å². The van der Waals surface area contributed by atoms with Crippen LogP contribution >= 0.6 is 0 Å². The molecule has 1 aliphatic rings. The number of nitrogens with one attached hydrogen (secondary N) is 1. The van der Waals surface area contributed by atoms with Gasteiger partial charge in [-0.3, -0.25) is 9.77 Å². The Kier molecular flexibility index (Phi) is 5.06. The zero-order valence-electron chi connectivity index (χ0n) is 13.7. The third kappa shape index (κ3) is 2.10. The van der Waals surface area contributed by atoms with Crippen LogP contribution in [0.25, 0.3) is 0 Å². The summed E-state index contributed by atoms with van der Waals surface area (Å²) >= 11 is 0. The van der Waals surface area contributed by atoms with E-state index in [1.807, 2.05) is 0 Å². The predicted molar refractivity (Wildman–Crippen MR) is 89.6 cm³/mol. The van der Waals surface area contributed by atoms with E-state index in [9.17, 15) is 0 Å². The summed E-state index contributed by atoms with van der Waals surface area (Å²) in [4.78, 5) is 0. The molecular formula is C12H33N3Si3. The molecule has 1 heterocycles. The number of hydrogen-bond acceptors (Lipinski definition) is 3. The van der Waals surface area contributed by atoms with E-state index in [1.54, 1.807) is 0 Å². The highest BCUT2D eigenvalue weighted by Crippen LogP contribution is 2.39. The molecular weight excluding hydrogens is 270 g/mol. The van der Waals surface area contributed by atoms with Crippen LogP contribution in [0.4, 0.5) is 0 Å². The standard InChI is InChI=1S/C12H33N3Si3/c1-9-14-13-16(5,6)18(11-3,12-4)17(7,8)15(14)10-2/h13H,9-12H2,1-8H3. The summed E-state index contributed by atoms with van der Waals surface area (Å²) in [6.07, 6.45) is 0. The molecule has 1 fully saturated rings. The van der Waals surface area contributed by atoms with Crippen molar-refractivity contribution in [3.63, 3.8) is 0 Å². The highest BCUT2D eigenvalue weighted by Gasteiger charge is 2.63. The van der Waals surface area contributed by atoms with Crippen LogP contribution in [-0.2, 0) is 0 Å². The van der Waals surface area contributed by atoms with Crippen LogP contribution in [-0.4, -0.2) is 45.5 Å². The van der Waals surface area contributed by atoms with E-state index >= 15 is 0 Å². The summed E-state index contributed by atoms with van der Waals surface area (Å²) in [6, 6.07) is 2.92. The minimum atomic E-state index is -1.32. The van der Waals surface area contributed by atoms with Crippen LogP contribution in [0.3, 0.4) is 0 Å². The molecule has 0 aromatic heterocycles. The number of nitrogens with zero attached hydrogens (tertiary/aromatic N) is 2. The van der Waals surface area contributed by atoms with Gasteiger partial charge in [0.05, 0.1) is 7.11 Å². The summed E-state index contributed by atoms with van der Waals surface area (Å²) in [5.41, 5.74) is 0. The van der Waals surface area contributed by atoms with Crippen molar-refractivity contribution >= 4 is 22.6 Å². The van der Waals surface area contributed by atoms with Crippen molar-refractivity contribution in [2.24, 2.45) is 0 Å². The summed E-state index contributed by atoms with van der Waals surface area (Å²) in [6.45, 7) is 22.3. The second-order valence-corrected chi connectivity index (χ2v) is 31.9. The van der Waals surface area contributed by atoms with Crippen LogP contribution in [0.5, 0.6) is 0 Å². The van der Waals surface area contributed by atoms with E-state index in [2.05, 4.69) is 68.8 Å². The lowest BCUT2D eigenvalue weighted by Gasteiger charge is -2.64. The maximum absolute atomic E-state index is 3.99. The molecule has 0 aromatic carbocycles. The predicted octanol–water partition coefficient (Wildman–Crippen LogP) is 3.12. The van der Waals surface area contributed by atoms with Crippen molar-refractivity contribution < 1.29 is 0 Å². The molecule has 1 rings (SSSR count). The van der Waals surface area contributed by atoms with Gasteiger partial charge in [-0.05, 0) is 6.92 Å². The molecule has 6 heteroatoms. The maximum atomic E-state index is 3.99. The van der Waals surface area contributed by atoms with Gasteiger partial charge in [-0.2, -0.15) is 5.12 Å². The SMILES string of the molecule is CCN1N[Si](C)(C)[Si](CC)(CC)[Si](C)(C)N1CC. The lowest BCUT2D eigenvalue weighted by Crippen LogP contribution is -2.91. The summed E-state index contributed by atoms with van der Waals surface area (Å²) in [5, 5.41) is 6.45. The van der Waals surface area contributed by atoms with Crippen LogP contribution in [0, 0.1) is 0 Å². The largest absolute Gasteiger partial charge is 0.267 e. The summed E-state index contributed by atoms with van der Waals surface area (Å²) in [7, 11) is -3.81. The third-order valence-electron chi connectivity index (χ3n) is 5.52. The van der Waals surface area contributed by atoms with E-state index in [1.165, 1.54) is 18.6 Å². The van der Waals surface area contributed by atoms with Crippen molar-refractivity contribution in [1.29, 1.82) is 0 Å². The fourth-order valence-corrected chi connectivity index (χ4v) is 47.3. The first-order chi connectivity index (χ1) is 8.24. The second-order valence-electron chi connectivity index (χ2n) is 6.52. The molecule has 0 amide bonds. The molecule has 0 spiro atoms. The smallest absolute Gasteiger partial charge is 0.131 e. The van der Waals surface area contributed by atoms with Crippen molar-refractivity contribution in [3.05, 3.63) is 0 Å². The maximum Gasteiger partial charge on any atom is 0.131 e. The summed E-state index contributed by atoms with van der Waals surface area (Å²) in [5.74, 6) is 0. The van der Waals surface area contributed by atoms with E-state index in [4.69, 9.17) is 0 Å². The highest BCUT2D eigenvalue weighted by atomic mass is 29.6. The first-order valence-corrected chi connectivity index (χ1v) is 17.9. The Labute approximate surface area is 117 Å². The molecule has 1 saturated heterocycles. The van der Waals surface area contributed by atoms with Crippen molar-refractivity contribution in [1.82, 2.24) is 14.9 Å². The van der Waals surface area contributed by atoms with Gasteiger partial charge in [0, 0.05) is 13.1 Å². The van der Waals surface area contributed by atoms with Gasteiger partial charge >= 0.3 is 0 Å². The number of hydrazine groups is 2. The Balaban J connectivity index is 3.32. The highest BCUT2D eigenvalue weighted by molar-refractivity contribution is 7.68. The van der Waals surface area contributed by atoms with E-state index < -0.39 is 22.6 Å². The third-order valence-corrected chi connectivity index (χ3v) is 46.0. The van der Waals surface area contributed by atoms with Gasteiger partial charge in [-0.15, -0.1) is 0 Å². The van der Waals surface area contributed by atoms with E-state index in [0.29, 0.717) is 0 Å². The Morgan fingerprint density at radius 3 is 1.67 bits per heavy atom. The Hall–Kier alpha value is 0.531. The normalized spacial score (nSPS) is 27.3. The van der Waals surface area contributed by atoms with Crippen LogP contribution in [0.2, 0.25) is 38.3 Å². The van der Waals surface area contributed by atoms with Gasteiger partial charge in [0.2, 0.25) is 0 Å². The number of hydrogen-bond donors (Lipinski definition) is 1. The van der Waals surface area contributed by atoms with Crippen molar-refractivity contribution in [2.45, 2.75) is 66.0 Å². The molecule has 0 radical (unpaired) electrons. The van der Waals surface area contributed by atoms with Gasteiger partial charge in [0.1, 0.15) is 15.5 Å². The lowest BCUT2D eigenvalue weighted by molar-refractivity contribution is 0.0294. The quantitative estimate of drug-likeness (QED) is 0.805. The second kappa shape index (κ2) is 5.49. The van der Waals surface area contributed by atoms with Gasteiger partial charge in [-0.1, -0.05) is 59.0 Å². The zero-order valence-corrected chi connectivity index (χ0v) is 16.7. The molecule has 108 valence electrons. The molecule has 1 aliphatic heterocycles. The monoisotopic (exact) mass is 303 g/mol. The fourth-order valence-electron chi connectivity index (χ4n) is 4.62. The average Bonchev–Trinajstić information content (AvgIpc) is 2.28. The van der Waals surface area contributed by atoms with Crippen LogP contribution in [0.1, 0.15) is 27.7 Å². The Bertz CT molecular complexity index is 290. The molecule has 3 nitrogen and oxygen atoms in total. The molecule has 1 N–H and O–H groups in total. The molecule has 0 aromatic rings. The topological polar surface area (TPSA) is 18.5 Å². The molecule has 0 bridgehead atoms.